The molecule has 70 valence electrons. The fourth-order valence-corrected chi connectivity index (χ4v) is 1.41. The van der Waals surface area contributed by atoms with Crippen LogP contribution >= 0.6 is 0 Å². The summed E-state index contributed by atoms with van der Waals surface area (Å²) in [6, 6.07) is 0. The molecule has 0 spiro atoms. The zero-order chi connectivity index (χ0) is 8.97. The van der Waals surface area contributed by atoms with Gasteiger partial charge in [-0.05, 0) is 19.3 Å². The van der Waals surface area contributed by atoms with Crippen molar-refractivity contribution in [3.05, 3.63) is 0 Å². The quantitative estimate of drug-likeness (QED) is 0.612. The van der Waals surface area contributed by atoms with Crippen molar-refractivity contribution in [1.82, 2.24) is 5.32 Å². The molecule has 0 aliphatic heterocycles. The lowest BCUT2D eigenvalue weighted by molar-refractivity contribution is -0.0205. The van der Waals surface area contributed by atoms with E-state index in [1.807, 2.05) is 0 Å². The Morgan fingerprint density at radius 2 is 2.17 bits per heavy atom. The molecule has 0 heterocycles. The fourth-order valence-electron chi connectivity index (χ4n) is 1.41. The lowest BCUT2D eigenvalue weighted by Gasteiger charge is -2.26. The molecule has 0 bridgehead atoms. The van der Waals surface area contributed by atoms with Gasteiger partial charge in [0.05, 0.1) is 6.10 Å². The summed E-state index contributed by atoms with van der Waals surface area (Å²) in [7, 11) is 1.51. The van der Waals surface area contributed by atoms with Gasteiger partial charge in [0.15, 0.2) is 0 Å². The molecule has 0 aromatic heterocycles. The molecule has 4 heteroatoms. The largest absolute Gasteiger partial charge is 0.443 e. The molecule has 2 unspecified atom stereocenters. The van der Waals surface area contributed by atoms with E-state index in [9.17, 15) is 9.90 Å². The maximum atomic E-state index is 10.8. The van der Waals surface area contributed by atoms with Crippen molar-refractivity contribution in [3.63, 3.8) is 0 Å². The van der Waals surface area contributed by atoms with E-state index in [1.165, 1.54) is 7.05 Å². The van der Waals surface area contributed by atoms with Gasteiger partial charge in [0, 0.05) is 7.05 Å². The summed E-state index contributed by atoms with van der Waals surface area (Å²) in [6.07, 6.45) is 2.32. The minimum Gasteiger partial charge on any atom is -0.443 e. The van der Waals surface area contributed by atoms with Crippen LogP contribution in [-0.2, 0) is 4.74 Å². The molecule has 12 heavy (non-hydrogen) atoms. The highest BCUT2D eigenvalue weighted by molar-refractivity contribution is 5.66. The van der Waals surface area contributed by atoms with Crippen LogP contribution in [0.15, 0.2) is 0 Å². The summed E-state index contributed by atoms with van der Waals surface area (Å²) in [6.45, 7) is 0. The summed E-state index contributed by atoms with van der Waals surface area (Å²) >= 11 is 0. The molecule has 2 N–H and O–H groups in total. The van der Waals surface area contributed by atoms with E-state index in [1.54, 1.807) is 0 Å². The minimum atomic E-state index is -0.476. The molecule has 4 nitrogen and oxygen atoms in total. The SMILES string of the molecule is CNC(=O)OC1CCCCC1O. The first-order valence-corrected chi connectivity index (χ1v) is 4.30. The maximum Gasteiger partial charge on any atom is 0.407 e. The van der Waals surface area contributed by atoms with Crippen molar-refractivity contribution >= 4 is 6.09 Å². The lowest BCUT2D eigenvalue weighted by Crippen LogP contribution is -2.36. The Kier molecular flexibility index (Phi) is 3.34. The van der Waals surface area contributed by atoms with Crippen LogP contribution in [0.4, 0.5) is 4.79 Å². The Morgan fingerprint density at radius 1 is 1.50 bits per heavy atom. The van der Waals surface area contributed by atoms with Gasteiger partial charge in [-0.15, -0.1) is 0 Å². The first-order valence-electron chi connectivity index (χ1n) is 4.30. The fraction of sp³-hybridized carbons (Fsp3) is 0.875. The number of carbonyl (C=O) groups excluding carboxylic acids is 1. The van der Waals surface area contributed by atoms with Crippen LogP contribution in [0.25, 0.3) is 0 Å². The normalized spacial score (nSPS) is 29.5. The molecule has 1 rings (SSSR count). The van der Waals surface area contributed by atoms with Crippen molar-refractivity contribution < 1.29 is 14.6 Å². The van der Waals surface area contributed by atoms with Crippen LogP contribution in [0.2, 0.25) is 0 Å². The van der Waals surface area contributed by atoms with Gasteiger partial charge in [0.25, 0.3) is 0 Å². The van der Waals surface area contributed by atoms with Gasteiger partial charge in [-0.1, -0.05) is 6.42 Å². The number of nitrogens with one attached hydrogen (secondary N) is 1. The number of aliphatic hydroxyl groups excluding tert-OH is 1. The number of amides is 1. The average molecular weight is 173 g/mol. The Hall–Kier alpha value is -0.770. The van der Waals surface area contributed by atoms with Crippen LogP contribution in [0.5, 0.6) is 0 Å². The highest BCUT2D eigenvalue weighted by Crippen LogP contribution is 2.20. The zero-order valence-electron chi connectivity index (χ0n) is 7.25. The molecule has 1 fully saturated rings. The third-order valence-corrected chi connectivity index (χ3v) is 2.13. The number of hydrogen-bond acceptors (Lipinski definition) is 3. The second-order valence-electron chi connectivity index (χ2n) is 3.05. The number of aliphatic hydroxyl groups is 1. The van der Waals surface area contributed by atoms with Gasteiger partial charge >= 0.3 is 6.09 Å². The minimum absolute atomic E-state index is 0.307. The van der Waals surface area contributed by atoms with Gasteiger partial charge in [0.2, 0.25) is 0 Å². The Balaban J connectivity index is 2.33. The van der Waals surface area contributed by atoms with Crippen molar-refractivity contribution in [2.75, 3.05) is 7.05 Å². The summed E-state index contributed by atoms with van der Waals surface area (Å²) in [5.41, 5.74) is 0. The summed E-state index contributed by atoms with van der Waals surface area (Å²) in [4.78, 5) is 10.8. The smallest absolute Gasteiger partial charge is 0.407 e. The third-order valence-electron chi connectivity index (χ3n) is 2.13. The second-order valence-corrected chi connectivity index (χ2v) is 3.05. The number of alkyl carbamates (subject to hydrolysis) is 1. The lowest BCUT2D eigenvalue weighted by atomic mass is 9.95. The van der Waals surface area contributed by atoms with E-state index >= 15 is 0 Å². The molecule has 0 radical (unpaired) electrons. The average Bonchev–Trinajstić information content (AvgIpc) is 2.09. The van der Waals surface area contributed by atoms with Gasteiger partial charge in [0.1, 0.15) is 6.10 Å². The van der Waals surface area contributed by atoms with Crippen LogP contribution in [0.1, 0.15) is 25.7 Å². The Morgan fingerprint density at radius 3 is 2.75 bits per heavy atom. The van der Waals surface area contributed by atoms with Gasteiger partial charge < -0.3 is 15.2 Å². The molecular weight excluding hydrogens is 158 g/mol. The summed E-state index contributed by atoms with van der Waals surface area (Å²) < 4.78 is 4.95. The van der Waals surface area contributed by atoms with E-state index in [2.05, 4.69) is 5.32 Å². The number of hydrogen-bond donors (Lipinski definition) is 2. The molecule has 1 aliphatic carbocycles. The van der Waals surface area contributed by atoms with Gasteiger partial charge in [-0.2, -0.15) is 0 Å². The molecule has 1 saturated carbocycles. The zero-order valence-corrected chi connectivity index (χ0v) is 7.25. The maximum absolute atomic E-state index is 10.8. The van der Waals surface area contributed by atoms with Crippen LogP contribution in [0, 0.1) is 0 Å². The highest BCUT2D eigenvalue weighted by atomic mass is 16.6. The highest BCUT2D eigenvalue weighted by Gasteiger charge is 2.25. The van der Waals surface area contributed by atoms with E-state index in [0.717, 1.165) is 25.7 Å². The monoisotopic (exact) mass is 173 g/mol. The van der Waals surface area contributed by atoms with E-state index < -0.39 is 12.2 Å². The van der Waals surface area contributed by atoms with Crippen LogP contribution < -0.4 is 5.32 Å². The van der Waals surface area contributed by atoms with Gasteiger partial charge in [-0.25, -0.2) is 4.79 Å². The standard InChI is InChI=1S/C8H15NO3/c1-9-8(11)12-7-5-3-2-4-6(7)10/h6-7,10H,2-5H2,1H3,(H,9,11). The molecule has 0 aromatic rings. The molecule has 2 atom stereocenters. The van der Waals surface area contributed by atoms with Crippen LogP contribution in [0.3, 0.4) is 0 Å². The van der Waals surface area contributed by atoms with E-state index in [-0.39, 0.29) is 6.10 Å². The molecule has 1 aliphatic rings. The summed E-state index contributed by atoms with van der Waals surface area (Å²) in [5, 5.41) is 11.8. The van der Waals surface area contributed by atoms with Crippen LogP contribution in [-0.4, -0.2) is 30.5 Å². The Bertz CT molecular complexity index is 160. The van der Waals surface area contributed by atoms with Crippen molar-refractivity contribution in [2.24, 2.45) is 0 Å². The van der Waals surface area contributed by atoms with E-state index in [0.29, 0.717) is 0 Å². The molecule has 0 aromatic carbocycles. The van der Waals surface area contributed by atoms with Crippen molar-refractivity contribution in [1.29, 1.82) is 0 Å². The molecule has 1 amide bonds. The second kappa shape index (κ2) is 4.30. The predicted octanol–water partition coefficient (Wildman–Crippen LogP) is 0.646. The topological polar surface area (TPSA) is 58.6 Å². The first-order chi connectivity index (χ1) is 5.74. The predicted molar refractivity (Wildman–Crippen MR) is 43.8 cm³/mol. The number of ether oxygens (including phenoxy) is 1. The summed E-state index contributed by atoms with van der Waals surface area (Å²) in [5.74, 6) is 0. The third kappa shape index (κ3) is 2.37. The first kappa shape index (κ1) is 9.32. The van der Waals surface area contributed by atoms with Gasteiger partial charge in [-0.3, -0.25) is 0 Å². The Labute approximate surface area is 71.9 Å². The number of rotatable bonds is 1. The van der Waals surface area contributed by atoms with E-state index in [4.69, 9.17) is 4.74 Å². The van der Waals surface area contributed by atoms with Crippen molar-refractivity contribution in [3.8, 4) is 0 Å². The molecular formula is C8H15NO3. The number of carbonyl (C=O) groups is 1. The van der Waals surface area contributed by atoms with Crippen molar-refractivity contribution in [2.45, 2.75) is 37.9 Å². The molecule has 0 saturated heterocycles.